The molecule has 0 aliphatic carbocycles. The summed E-state index contributed by atoms with van der Waals surface area (Å²) in [6.07, 6.45) is -4.71. The van der Waals surface area contributed by atoms with Crippen molar-refractivity contribution in [2.24, 2.45) is 7.05 Å². The van der Waals surface area contributed by atoms with Gasteiger partial charge in [-0.2, -0.15) is 41.7 Å². The maximum absolute atomic E-state index is 12.7. The predicted molar refractivity (Wildman–Crippen MR) is 85.6 cm³/mol. The molecule has 0 amide bonds. The summed E-state index contributed by atoms with van der Waals surface area (Å²) < 4.78 is 86.9. The van der Waals surface area contributed by atoms with Crippen molar-refractivity contribution in [1.29, 1.82) is 5.26 Å². The van der Waals surface area contributed by atoms with Crippen molar-refractivity contribution in [3.63, 3.8) is 0 Å². The first-order valence-electron chi connectivity index (χ1n) is 7.53. The summed E-state index contributed by atoms with van der Waals surface area (Å²) in [5.74, 6) is -1.01. The van der Waals surface area contributed by atoms with Gasteiger partial charge in [-0.25, -0.2) is 4.68 Å². The molecule has 1 unspecified atom stereocenters. The molecule has 0 bridgehead atoms. The number of thioether (sulfide) groups is 1. The lowest BCUT2D eigenvalue weighted by Crippen LogP contribution is -2.18. The van der Waals surface area contributed by atoms with Crippen molar-refractivity contribution >= 4 is 11.8 Å². The number of alkyl halides is 6. The second kappa shape index (κ2) is 8.17. The largest absolute Gasteiger partial charge is 0.463 e. The Kier molecular flexibility index (Phi) is 6.33. The first-order chi connectivity index (χ1) is 12.9. The third kappa shape index (κ3) is 5.95. The van der Waals surface area contributed by atoms with Gasteiger partial charge >= 0.3 is 11.7 Å². The van der Waals surface area contributed by atoms with Gasteiger partial charge in [0.2, 0.25) is 17.6 Å². The molecule has 0 saturated heterocycles. The minimum Gasteiger partial charge on any atom is -0.463 e. The standard InChI is InChI=1S/C15H12F6N4O2S/c1-3-13(28-15(19,20)21)27-11-5-8(7-22)4-10(23-11)26-12-6-9(14(16,17)18)24-25(12)2/h4-6,13H,3H2,1-2H3. The summed E-state index contributed by atoms with van der Waals surface area (Å²) in [7, 11) is 1.20. The summed E-state index contributed by atoms with van der Waals surface area (Å²) in [5.41, 5.74) is -7.14. The van der Waals surface area contributed by atoms with Crippen LogP contribution in [0.4, 0.5) is 26.3 Å². The first-order valence-corrected chi connectivity index (χ1v) is 8.41. The number of nitriles is 1. The molecule has 0 fully saturated rings. The van der Waals surface area contributed by atoms with E-state index in [1.807, 2.05) is 0 Å². The average molecular weight is 426 g/mol. The molecule has 2 aromatic heterocycles. The van der Waals surface area contributed by atoms with Crippen molar-refractivity contribution in [3.05, 3.63) is 29.5 Å². The number of hydrogen-bond acceptors (Lipinski definition) is 6. The van der Waals surface area contributed by atoms with E-state index in [0.717, 1.165) is 16.8 Å². The molecule has 2 aromatic rings. The van der Waals surface area contributed by atoms with E-state index < -0.39 is 34.6 Å². The van der Waals surface area contributed by atoms with Crippen LogP contribution in [0, 0.1) is 11.3 Å². The van der Waals surface area contributed by atoms with Gasteiger partial charge in [0.1, 0.15) is 0 Å². The van der Waals surface area contributed by atoms with Gasteiger partial charge in [0.25, 0.3) is 0 Å². The molecule has 2 heterocycles. The van der Waals surface area contributed by atoms with Crippen molar-refractivity contribution < 1.29 is 35.8 Å². The monoisotopic (exact) mass is 426 g/mol. The highest BCUT2D eigenvalue weighted by Crippen LogP contribution is 2.37. The number of nitrogens with zero attached hydrogens (tertiary/aromatic N) is 4. The van der Waals surface area contributed by atoms with Gasteiger partial charge in [-0.15, -0.1) is 0 Å². The third-order valence-electron chi connectivity index (χ3n) is 3.09. The molecular weight excluding hydrogens is 414 g/mol. The molecule has 0 N–H and O–H groups in total. The molecule has 2 rings (SSSR count). The highest BCUT2D eigenvalue weighted by molar-refractivity contribution is 8.00. The van der Waals surface area contributed by atoms with Gasteiger partial charge in [-0.1, -0.05) is 6.92 Å². The number of halogens is 6. The van der Waals surface area contributed by atoms with Gasteiger partial charge in [0.05, 0.1) is 11.6 Å². The van der Waals surface area contributed by atoms with Gasteiger partial charge in [-0.3, -0.25) is 0 Å². The van der Waals surface area contributed by atoms with Crippen LogP contribution in [0.2, 0.25) is 0 Å². The molecule has 0 spiro atoms. The molecule has 13 heteroatoms. The number of aryl methyl sites for hydroxylation is 1. The number of rotatable bonds is 6. The number of hydrogen-bond donors (Lipinski definition) is 0. The van der Waals surface area contributed by atoms with E-state index in [9.17, 15) is 26.3 Å². The van der Waals surface area contributed by atoms with Crippen LogP contribution < -0.4 is 9.47 Å². The van der Waals surface area contributed by atoms with Gasteiger partial charge < -0.3 is 9.47 Å². The van der Waals surface area contributed by atoms with Crippen LogP contribution >= 0.6 is 11.8 Å². The third-order valence-corrected chi connectivity index (χ3v) is 4.05. The van der Waals surface area contributed by atoms with Gasteiger partial charge in [0.15, 0.2) is 11.1 Å². The van der Waals surface area contributed by atoms with Crippen LogP contribution in [0.25, 0.3) is 0 Å². The zero-order valence-corrected chi connectivity index (χ0v) is 15.1. The van der Waals surface area contributed by atoms with Crippen LogP contribution in [-0.4, -0.2) is 25.7 Å². The summed E-state index contributed by atoms with van der Waals surface area (Å²) in [6.45, 7) is 1.46. The van der Waals surface area contributed by atoms with E-state index in [0.29, 0.717) is 6.07 Å². The van der Waals surface area contributed by atoms with Crippen LogP contribution in [0.1, 0.15) is 24.6 Å². The Hall–Kier alpha value is -2.62. The van der Waals surface area contributed by atoms with Crippen LogP contribution in [-0.2, 0) is 13.2 Å². The van der Waals surface area contributed by atoms with Crippen molar-refractivity contribution in [2.75, 3.05) is 0 Å². The van der Waals surface area contributed by atoms with E-state index in [1.54, 1.807) is 6.07 Å². The quantitative estimate of drug-likeness (QED) is 0.485. The lowest BCUT2D eigenvalue weighted by atomic mass is 10.3. The van der Waals surface area contributed by atoms with Gasteiger partial charge in [-0.05, 0) is 18.2 Å². The Morgan fingerprint density at radius 2 is 1.82 bits per heavy atom. The van der Waals surface area contributed by atoms with Crippen molar-refractivity contribution in [2.45, 2.75) is 30.5 Å². The minimum absolute atomic E-state index is 0.0184. The Morgan fingerprint density at radius 1 is 1.18 bits per heavy atom. The fourth-order valence-corrected chi connectivity index (χ4v) is 2.54. The maximum atomic E-state index is 12.7. The molecule has 0 aromatic carbocycles. The summed E-state index contributed by atoms with van der Waals surface area (Å²) in [6, 6.07) is 4.56. The van der Waals surface area contributed by atoms with E-state index in [1.165, 1.54) is 14.0 Å². The smallest absolute Gasteiger partial charge is 0.445 e. The Morgan fingerprint density at radius 3 is 2.32 bits per heavy atom. The van der Waals surface area contributed by atoms with Crippen LogP contribution in [0.15, 0.2) is 18.2 Å². The molecule has 0 aliphatic rings. The number of pyridine rings is 1. The second-order valence-corrected chi connectivity index (χ2v) is 6.48. The SMILES string of the molecule is CCC(Oc1cc(C#N)cc(Oc2cc(C(F)(F)F)nn2C)n1)SC(F)(F)F. The Balaban J connectivity index is 2.28. The topological polar surface area (TPSA) is 73.0 Å². The predicted octanol–water partition coefficient (Wildman–Crippen LogP) is 4.87. The van der Waals surface area contributed by atoms with E-state index >= 15 is 0 Å². The van der Waals surface area contributed by atoms with Crippen molar-refractivity contribution in [1.82, 2.24) is 14.8 Å². The molecule has 6 nitrogen and oxygen atoms in total. The highest BCUT2D eigenvalue weighted by atomic mass is 32.2. The fourth-order valence-electron chi connectivity index (χ4n) is 1.92. The minimum atomic E-state index is -4.70. The summed E-state index contributed by atoms with van der Waals surface area (Å²) in [5, 5.41) is 12.3. The Labute approximate surface area is 159 Å². The lowest BCUT2D eigenvalue weighted by Gasteiger charge is -2.18. The summed E-state index contributed by atoms with van der Waals surface area (Å²) >= 11 is -0.397. The van der Waals surface area contributed by atoms with E-state index in [4.69, 9.17) is 14.7 Å². The maximum Gasteiger partial charge on any atom is 0.445 e. The lowest BCUT2D eigenvalue weighted by molar-refractivity contribution is -0.141. The second-order valence-electron chi connectivity index (χ2n) is 5.25. The van der Waals surface area contributed by atoms with E-state index in [-0.39, 0.29) is 29.6 Å². The Bertz CT molecular complexity index is 875. The number of aromatic nitrogens is 3. The zero-order valence-electron chi connectivity index (χ0n) is 14.3. The molecule has 28 heavy (non-hydrogen) atoms. The molecule has 0 radical (unpaired) electrons. The van der Waals surface area contributed by atoms with Crippen molar-refractivity contribution in [3.8, 4) is 23.7 Å². The summed E-state index contributed by atoms with van der Waals surface area (Å²) in [4.78, 5) is 3.81. The number of ether oxygens (including phenoxy) is 2. The first kappa shape index (κ1) is 21.7. The van der Waals surface area contributed by atoms with Crippen LogP contribution in [0.5, 0.6) is 17.6 Å². The van der Waals surface area contributed by atoms with Gasteiger partial charge in [0, 0.05) is 25.2 Å². The molecule has 1 atom stereocenters. The molecule has 152 valence electrons. The average Bonchev–Trinajstić information content (AvgIpc) is 2.93. The molecule has 0 saturated carbocycles. The highest BCUT2D eigenvalue weighted by Gasteiger charge is 2.35. The fraction of sp³-hybridized carbons (Fsp3) is 0.400. The normalized spacial score (nSPS) is 13.1. The molecular formula is C15H12F6N4O2S. The zero-order chi connectivity index (χ0) is 21.1. The molecule has 0 aliphatic heterocycles. The van der Waals surface area contributed by atoms with E-state index in [2.05, 4.69) is 10.1 Å². The van der Waals surface area contributed by atoms with Crippen LogP contribution in [0.3, 0.4) is 0 Å².